The van der Waals surface area contributed by atoms with Crippen molar-refractivity contribution in [1.29, 1.82) is 0 Å². The van der Waals surface area contributed by atoms with Crippen LogP contribution in [0.5, 0.6) is 0 Å². The second-order valence-corrected chi connectivity index (χ2v) is 6.04. The minimum Gasteiger partial charge on any atom is -0.351 e. The lowest BCUT2D eigenvalue weighted by molar-refractivity contribution is -0.142. The zero-order valence-electron chi connectivity index (χ0n) is 14.5. The number of hydrogen-bond acceptors (Lipinski definition) is 4. The first kappa shape index (κ1) is 19.6. The number of urea groups is 2. The number of nitrogens with two attached hydrogens (primary N) is 2. The second-order valence-electron chi connectivity index (χ2n) is 6.04. The summed E-state index contributed by atoms with van der Waals surface area (Å²) in [5.74, 6) is -1.83. The SMILES string of the molecule is NC(=O)NC(=O)C(Cc1ccccc1)(Cc1ccccc1)C(=O)NC(N)=O. The normalized spacial score (nSPS) is 10.7. The third kappa shape index (κ3) is 5.15. The maximum atomic E-state index is 12.9. The van der Waals surface area contributed by atoms with Gasteiger partial charge in [0.15, 0.2) is 0 Å². The minimum atomic E-state index is -1.81. The van der Waals surface area contributed by atoms with E-state index < -0.39 is 29.3 Å². The third-order valence-electron chi connectivity index (χ3n) is 4.04. The predicted molar refractivity (Wildman–Crippen MR) is 98.2 cm³/mol. The fourth-order valence-electron chi connectivity index (χ4n) is 2.84. The molecule has 2 rings (SSSR count). The van der Waals surface area contributed by atoms with Gasteiger partial charge in [0.05, 0.1) is 0 Å². The maximum absolute atomic E-state index is 12.9. The monoisotopic (exact) mass is 368 g/mol. The van der Waals surface area contributed by atoms with Crippen molar-refractivity contribution in [3.05, 3.63) is 71.8 Å². The standard InChI is InChI=1S/C19H20N4O4/c20-17(26)22-15(24)19(16(25)23-18(21)27,11-13-7-3-1-4-8-13)12-14-9-5-2-6-10-14/h1-10H,11-12H2,(H3,20,22,24,26)(H3,21,23,25,27). The maximum Gasteiger partial charge on any atom is 0.318 e. The Hall–Kier alpha value is -3.68. The molecule has 0 aliphatic heterocycles. The molecule has 0 bridgehead atoms. The molecule has 0 fully saturated rings. The van der Waals surface area contributed by atoms with E-state index in [0.29, 0.717) is 11.1 Å². The summed E-state index contributed by atoms with van der Waals surface area (Å²) in [6.45, 7) is 0. The van der Waals surface area contributed by atoms with Crippen LogP contribution in [0.2, 0.25) is 0 Å². The predicted octanol–water partition coefficient (Wildman–Crippen LogP) is 0.848. The van der Waals surface area contributed by atoms with Gasteiger partial charge >= 0.3 is 12.1 Å². The van der Waals surface area contributed by atoms with Crippen LogP contribution in [0.1, 0.15) is 11.1 Å². The minimum absolute atomic E-state index is 0.0685. The summed E-state index contributed by atoms with van der Waals surface area (Å²) in [5, 5.41) is 3.93. The summed E-state index contributed by atoms with van der Waals surface area (Å²) < 4.78 is 0. The molecule has 0 saturated carbocycles. The lowest BCUT2D eigenvalue weighted by atomic mass is 9.74. The topological polar surface area (TPSA) is 144 Å². The van der Waals surface area contributed by atoms with Gasteiger partial charge in [-0.15, -0.1) is 0 Å². The van der Waals surface area contributed by atoms with Crippen LogP contribution in [0.25, 0.3) is 0 Å². The van der Waals surface area contributed by atoms with E-state index in [4.69, 9.17) is 11.5 Å². The average Bonchev–Trinajstić information content (AvgIpc) is 2.61. The van der Waals surface area contributed by atoms with Gasteiger partial charge in [0.25, 0.3) is 0 Å². The summed E-state index contributed by atoms with van der Waals surface area (Å²) in [5.41, 5.74) is 9.68. The van der Waals surface area contributed by atoms with Crippen LogP contribution in [0.3, 0.4) is 0 Å². The summed E-state index contributed by atoms with van der Waals surface area (Å²) in [6.07, 6.45) is -0.137. The lowest BCUT2D eigenvalue weighted by Crippen LogP contribution is -2.57. The molecule has 2 aromatic carbocycles. The summed E-state index contributed by atoms with van der Waals surface area (Å²) in [7, 11) is 0. The molecule has 8 heteroatoms. The molecule has 6 amide bonds. The van der Waals surface area contributed by atoms with Gasteiger partial charge in [-0.3, -0.25) is 20.2 Å². The van der Waals surface area contributed by atoms with E-state index in [-0.39, 0.29) is 12.8 Å². The highest BCUT2D eigenvalue weighted by Gasteiger charge is 2.47. The average molecular weight is 368 g/mol. The van der Waals surface area contributed by atoms with Gasteiger partial charge in [0, 0.05) is 0 Å². The number of nitrogens with one attached hydrogen (secondary N) is 2. The molecular weight excluding hydrogens is 348 g/mol. The summed E-state index contributed by atoms with van der Waals surface area (Å²) in [6, 6.07) is 15.3. The van der Waals surface area contributed by atoms with E-state index in [1.165, 1.54) is 0 Å². The Morgan fingerprint density at radius 1 is 0.667 bits per heavy atom. The molecule has 27 heavy (non-hydrogen) atoms. The van der Waals surface area contributed by atoms with Gasteiger partial charge in [-0.05, 0) is 24.0 Å². The quantitative estimate of drug-likeness (QED) is 0.560. The Labute approximate surface area is 155 Å². The summed E-state index contributed by atoms with van der Waals surface area (Å²) >= 11 is 0. The van der Waals surface area contributed by atoms with Gasteiger partial charge in [-0.1, -0.05) is 60.7 Å². The van der Waals surface area contributed by atoms with Crippen LogP contribution >= 0.6 is 0 Å². The van der Waals surface area contributed by atoms with E-state index in [2.05, 4.69) is 0 Å². The zero-order valence-corrected chi connectivity index (χ0v) is 14.5. The lowest BCUT2D eigenvalue weighted by Gasteiger charge is -2.30. The fourth-order valence-corrected chi connectivity index (χ4v) is 2.84. The Balaban J connectivity index is 2.54. The van der Waals surface area contributed by atoms with Crippen LogP contribution in [-0.4, -0.2) is 23.9 Å². The molecule has 2 aromatic rings. The number of imide groups is 2. The highest BCUT2D eigenvalue weighted by molar-refractivity contribution is 6.13. The Morgan fingerprint density at radius 3 is 1.30 bits per heavy atom. The van der Waals surface area contributed by atoms with E-state index in [1.807, 2.05) is 10.6 Å². The number of hydrogen-bond donors (Lipinski definition) is 4. The smallest absolute Gasteiger partial charge is 0.318 e. The molecule has 140 valence electrons. The molecule has 0 saturated heterocycles. The van der Waals surface area contributed by atoms with E-state index in [9.17, 15) is 19.2 Å². The molecule has 8 nitrogen and oxygen atoms in total. The summed E-state index contributed by atoms with van der Waals surface area (Å²) in [4.78, 5) is 48.3. The van der Waals surface area contributed by atoms with Crippen molar-refractivity contribution in [3.8, 4) is 0 Å². The van der Waals surface area contributed by atoms with Gasteiger partial charge in [-0.25, -0.2) is 9.59 Å². The molecule has 0 unspecified atom stereocenters. The molecular formula is C19H20N4O4. The Kier molecular flexibility index (Phi) is 6.27. The Bertz CT molecular complexity index is 766. The third-order valence-corrected chi connectivity index (χ3v) is 4.04. The van der Waals surface area contributed by atoms with Gasteiger partial charge in [-0.2, -0.15) is 0 Å². The molecule has 6 N–H and O–H groups in total. The number of benzene rings is 2. The first-order valence-electron chi connectivity index (χ1n) is 8.13. The number of amides is 6. The fraction of sp³-hybridized carbons (Fsp3) is 0.158. The number of carbonyl (C=O) groups excluding carboxylic acids is 4. The molecule has 0 aliphatic carbocycles. The first-order valence-corrected chi connectivity index (χ1v) is 8.13. The molecule has 0 heterocycles. The van der Waals surface area contributed by atoms with Gasteiger partial charge in [0.1, 0.15) is 5.41 Å². The molecule has 0 spiro atoms. The highest BCUT2D eigenvalue weighted by atomic mass is 16.2. The van der Waals surface area contributed by atoms with Crippen LogP contribution in [0.4, 0.5) is 9.59 Å². The van der Waals surface area contributed by atoms with Crippen molar-refractivity contribution in [2.75, 3.05) is 0 Å². The van der Waals surface area contributed by atoms with Crippen molar-refractivity contribution in [2.24, 2.45) is 16.9 Å². The number of carbonyl (C=O) groups is 4. The first-order chi connectivity index (χ1) is 12.8. The zero-order chi connectivity index (χ0) is 19.9. The van der Waals surface area contributed by atoms with Gasteiger partial charge < -0.3 is 11.5 Å². The molecule has 0 aliphatic rings. The van der Waals surface area contributed by atoms with Gasteiger partial charge in [0.2, 0.25) is 11.8 Å². The van der Waals surface area contributed by atoms with Crippen molar-refractivity contribution >= 4 is 23.9 Å². The van der Waals surface area contributed by atoms with Crippen molar-refractivity contribution < 1.29 is 19.2 Å². The largest absolute Gasteiger partial charge is 0.351 e. The highest BCUT2D eigenvalue weighted by Crippen LogP contribution is 2.29. The van der Waals surface area contributed by atoms with Crippen LogP contribution < -0.4 is 22.1 Å². The van der Waals surface area contributed by atoms with Crippen molar-refractivity contribution in [1.82, 2.24) is 10.6 Å². The van der Waals surface area contributed by atoms with Crippen LogP contribution in [0, 0.1) is 5.41 Å². The van der Waals surface area contributed by atoms with E-state index >= 15 is 0 Å². The van der Waals surface area contributed by atoms with Crippen molar-refractivity contribution in [2.45, 2.75) is 12.8 Å². The molecule has 0 atom stereocenters. The number of primary amides is 2. The van der Waals surface area contributed by atoms with E-state index in [0.717, 1.165) is 0 Å². The molecule has 0 aromatic heterocycles. The van der Waals surface area contributed by atoms with Crippen LogP contribution in [-0.2, 0) is 22.4 Å². The van der Waals surface area contributed by atoms with Crippen LogP contribution in [0.15, 0.2) is 60.7 Å². The van der Waals surface area contributed by atoms with Crippen molar-refractivity contribution in [3.63, 3.8) is 0 Å². The molecule has 0 radical (unpaired) electrons. The second kappa shape index (κ2) is 8.61. The van der Waals surface area contributed by atoms with E-state index in [1.54, 1.807) is 60.7 Å². The number of rotatable bonds is 6. The Morgan fingerprint density at radius 2 is 1.00 bits per heavy atom.